The minimum atomic E-state index is -0.876. The summed E-state index contributed by atoms with van der Waals surface area (Å²) >= 11 is 0. The van der Waals surface area contributed by atoms with Crippen LogP contribution in [0.4, 0.5) is 10.1 Å². The van der Waals surface area contributed by atoms with Crippen LogP contribution in [0.3, 0.4) is 0 Å². The Labute approximate surface area is 95.1 Å². The number of imide groups is 1. The van der Waals surface area contributed by atoms with Gasteiger partial charge in [-0.3, -0.25) is 14.9 Å². The number of benzene rings is 1. The van der Waals surface area contributed by atoms with Gasteiger partial charge in [0.05, 0.1) is 5.69 Å². The van der Waals surface area contributed by atoms with E-state index >= 15 is 0 Å². The topological polar surface area (TPSA) is 74.1 Å². The van der Waals surface area contributed by atoms with Crippen molar-refractivity contribution in [3.05, 3.63) is 30.1 Å². The average Bonchev–Trinajstić information content (AvgIpc) is 2.83. The van der Waals surface area contributed by atoms with Gasteiger partial charge in [-0.25, -0.2) is 9.40 Å². The molecule has 1 saturated heterocycles. The summed E-state index contributed by atoms with van der Waals surface area (Å²) in [5.74, 6) is -1.52. The number of hydrogen-bond donors (Lipinski definition) is 1. The SMILES string of the molecule is O=C1NC(=O)C2C1N=NN2c1ccccc1F. The second-order valence-corrected chi connectivity index (χ2v) is 3.74. The fourth-order valence-corrected chi connectivity index (χ4v) is 1.92. The summed E-state index contributed by atoms with van der Waals surface area (Å²) in [6, 6.07) is 4.14. The predicted octanol–water partition coefficient (Wildman–Crippen LogP) is 0.406. The third-order valence-electron chi connectivity index (χ3n) is 2.72. The molecule has 0 aliphatic carbocycles. The third-order valence-corrected chi connectivity index (χ3v) is 2.72. The fraction of sp³-hybridized carbons (Fsp3) is 0.200. The molecular formula is C10H7FN4O2. The molecule has 17 heavy (non-hydrogen) atoms. The van der Waals surface area contributed by atoms with Crippen molar-refractivity contribution < 1.29 is 14.0 Å². The zero-order valence-corrected chi connectivity index (χ0v) is 8.50. The number of anilines is 1. The molecule has 7 heteroatoms. The van der Waals surface area contributed by atoms with Crippen molar-refractivity contribution in [1.82, 2.24) is 5.32 Å². The molecular weight excluding hydrogens is 227 g/mol. The van der Waals surface area contributed by atoms with E-state index in [0.717, 1.165) is 5.01 Å². The Morgan fingerprint density at radius 2 is 2.00 bits per heavy atom. The zero-order chi connectivity index (χ0) is 12.0. The molecule has 6 nitrogen and oxygen atoms in total. The first-order valence-corrected chi connectivity index (χ1v) is 4.98. The van der Waals surface area contributed by atoms with E-state index in [9.17, 15) is 14.0 Å². The maximum atomic E-state index is 13.6. The number of carbonyl (C=O) groups excluding carboxylic acids is 2. The van der Waals surface area contributed by atoms with Crippen LogP contribution in [-0.4, -0.2) is 23.9 Å². The van der Waals surface area contributed by atoms with Crippen LogP contribution in [0.2, 0.25) is 0 Å². The lowest BCUT2D eigenvalue weighted by Crippen LogP contribution is -2.39. The molecule has 2 aliphatic rings. The maximum Gasteiger partial charge on any atom is 0.256 e. The smallest absolute Gasteiger partial charge is 0.256 e. The molecule has 1 aromatic carbocycles. The van der Waals surface area contributed by atoms with Crippen LogP contribution in [0, 0.1) is 5.82 Å². The van der Waals surface area contributed by atoms with Crippen molar-refractivity contribution in [2.24, 2.45) is 10.3 Å². The summed E-state index contributed by atoms with van der Waals surface area (Å²) in [5, 5.41) is 10.6. The number of rotatable bonds is 1. The lowest BCUT2D eigenvalue weighted by Gasteiger charge is -2.18. The largest absolute Gasteiger partial charge is 0.292 e. The van der Waals surface area contributed by atoms with Crippen molar-refractivity contribution in [1.29, 1.82) is 0 Å². The lowest BCUT2D eigenvalue weighted by molar-refractivity contribution is -0.125. The van der Waals surface area contributed by atoms with Crippen LogP contribution in [0.25, 0.3) is 0 Å². The van der Waals surface area contributed by atoms with Gasteiger partial charge < -0.3 is 0 Å². The molecule has 0 bridgehead atoms. The summed E-state index contributed by atoms with van der Waals surface area (Å²) in [5.41, 5.74) is 0.133. The van der Waals surface area contributed by atoms with Gasteiger partial charge in [0.15, 0.2) is 12.1 Å². The molecule has 1 fully saturated rings. The van der Waals surface area contributed by atoms with E-state index in [1.165, 1.54) is 18.2 Å². The van der Waals surface area contributed by atoms with Crippen LogP contribution in [0.15, 0.2) is 34.6 Å². The van der Waals surface area contributed by atoms with Gasteiger partial charge in [0.1, 0.15) is 5.82 Å². The number of hydrogen-bond acceptors (Lipinski definition) is 5. The highest BCUT2D eigenvalue weighted by molar-refractivity contribution is 6.11. The molecule has 1 N–H and O–H groups in total. The fourth-order valence-electron chi connectivity index (χ4n) is 1.92. The normalized spacial score (nSPS) is 26.3. The molecule has 0 radical (unpaired) electrons. The van der Waals surface area contributed by atoms with Crippen LogP contribution < -0.4 is 10.3 Å². The van der Waals surface area contributed by atoms with Gasteiger partial charge in [-0.2, -0.15) is 5.11 Å². The number of amides is 2. The number of nitrogens with zero attached hydrogens (tertiary/aromatic N) is 3. The summed E-state index contributed by atoms with van der Waals surface area (Å²) in [6.07, 6.45) is 0. The van der Waals surface area contributed by atoms with Crippen LogP contribution in [0.1, 0.15) is 0 Å². The first-order valence-electron chi connectivity index (χ1n) is 4.98. The molecule has 2 amide bonds. The van der Waals surface area contributed by atoms with E-state index in [4.69, 9.17) is 0 Å². The lowest BCUT2D eigenvalue weighted by atomic mass is 10.1. The Hall–Kier alpha value is -2.31. The van der Waals surface area contributed by atoms with Crippen molar-refractivity contribution in [2.45, 2.75) is 12.1 Å². The van der Waals surface area contributed by atoms with Crippen LogP contribution in [0.5, 0.6) is 0 Å². The number of fused-ring (bicyclic) bond motifs is 1. The summed E-state index contributed by atoms with van der Waals surface area (Å²) in [7, 11) is 0. The molecule has 0 aromatic heterocycles. The first-order chi connectivity index (χ1) is 8.18. The summed E-state index contributed by atoms with van der Waals surface area (Å²) < 4.78 is 13.6. The molecule has 0 spiro atoms. The molecule has 86 valence electrons. The Morgan fingerprint density at radius 1 is 1.24 bits per heavy atom. The highest BCUT2D eigenvalue weighted by Gasteiger charge is 2.50. The average molecular weight is 234 g/mol. The van der Waals surface area contributed by atoms with Gasteiger partial charge in [0.2, 0.25) is 0 Å². The first kappa shape index (κ1) is 9.88. The summed E-state index contributed by atoms with van der Waals surface area (Å²) in [6.45, 7) is 0. The van der Waals surface area contributed by atoms with Gasteiger partial charge in [0, 0.05) is 0 Å². The van der Waals surface area contributed by atoms with Crippen LogP contribution in [-0.2, 0) is 9.59 Å². The Bertz CT molecular complexity index is 545. The molecule has 2 aliphatic heterocycles. The highest BCUT2D eigenvalue weighted by atomic mass is 19.1. The van der Waals surface area contributed by atoms with E-state index in [1.54, 1.807) is 6.07 Å². The van der Waals surface area contributed by atoms with E-state index in [2.05, 4.69) is 15.7 Å². The minimum Gasteiger partial charge on any atom is -0.292 e. The van der Waals surface area contributed by atoms with E-state index in [0.29, 0.717) is 0 Å². The molecule has 2 atom stereocenters. The van der Waals surface area contributed by atoms with Crippen molar-refractivity contribution in [3.8, 4) is 0 Å². The highest BCUT2D eigenvalue weighted by Crippen LogP contribution is 2.30. The monoisotopic (exact) mass is 234 g/mol. The number of halogens is 1. The molecule has 1 aromatic rings. The van der Waals surface area contributed by atoms with Gasteiger partial charge in [0.25, 0.3) is 11.8 Å². The van der Waals surface area contributed by atoms with Crippen molar-refractivity contribution >= 4 is 17.5 Å². The predicted molar refractivity (Wildman–Crippen MR) is 54.5 cm³/mol. The molecule has 0 saturated carbocycles. The van der Waals surface area contributed by atoms with E-state index in [1.807, 2.05) is 0 Å². The van der Waals surface area contributed by atoms with Gasteiger partial charge in [-0.05, 0) is 12.1 Å². The molecule has 2 unspecified atom stereocenters. The van der Waals surface area contributed by atoms with Gasteiger partial charge in [-0.15, -0.1) is 0 Å². The number of para-hydroxylation sites is 1. The number of carbonyl (C=O) groups is 2. The second-order valence-electron chi connectivity index (χ2n) is 3.74. The minimum absolute atomic E-state index is 0.133. The third kappa shape index (κ3) is 1.32. The maximum absolute atomic E-state index is 13.6. The van der Waals surface area contributed by atoms with Gasteiger partial charge in [-0.1, -0.05) is 17.4 Å². The number of nitrogens with one attached hydrogen (secondary N) is 1. The Morgan fingerprint density at radius 3 is 2.76 bits per heavy atom. The Kier molecular flexibility index (Phi) is 1.94. The van der Waals surface area contributed by atoms with Crippen molar-refractivity contribution in [2.75, 3.05) is 5.01 Å². The molecule has 2 heterocycles. The van der Waals surface area contributed by atoms with E-state index < -0.39 is 29.7 Å². The van der Waals surface area contributed by atoms with E-state index in [-0.39, 0.29) is 5.69 Å². The second kappa shape index (κ2) is 3.34. The molecule has 3 rings (SSSR count). The summed E-state index contributed by atoms with van der Waals surface area (Å²) in [4.78, 5) is 22.9. The quantitative estimate of drug-likeness (QED) is 0.715. The van der Waals surface area contributed by atoms with Gasteiger partial charge >= 0.3 is 0 Å². The van der Waals surface area contributed by atoms with Crippen LogP contribution >= 0.6 is 0 Å². The zero-order valence-electron chi connectivity index (χ0n) is 8.50. The van der Waals surface area contributed by atoms with Crippen molar-refractivity contribution in [3.63, 3.8) is 0 Å². The standard InChI is InChI=1S/C10H7FN4O2/c11-5-3-1-2-4-6(5)15-8-7(13-14-15)9(16)12-10(8)17/h1-4,7-8H,(H,12,16,17). The Balaban J connectivity index is 2.02.